The van der Waals surface area contributed by atoms with E-state index in [1.165, 1.54) is 16.1 Å². The van der Waals surface area contributed by atoms with Crippen molar-refractivity contribution >= 4 is 40.0 Å². The van der Waals surface area contributed by atoms with E-state index in [4.69, 9.17) is 9.52 Å². The molecular weight excluding hydrogens is 543 g/mol. The third-order valence-electron chi connectivity index (χ3n) is 4.99. The van der Waals surface area contributed by atoms with Crippen molar-refractivity contribution in [2.24, 2.45) is 4.99 Å². The number of benzene rings is 1. The molecule has 1 aliphatic heterocycles. The van der Waals surface area contributed by atoms with Crippen molar-refractivity contribution in [2.75, 3.05) is 46.8 Å². The maximum Gasteiger partial charge on any atom is 0.220 e. The third-order valence-corrected chi connectivity index (χ3v) is 6.80. The number of piperazine rings is 1. The Morgan fingerprint density at radius 1 is 1.19 bits per heavy atom. The van der Waals surface area contributed by atoms with E-state index >= 15 is 0 Å². The van der Waals surface area contributed by atoms with Crippen LogP contribution in [0.4, 0.5) is 0 Å². The summed E-state index contributed by atoms with van der Waals surface area (Å²) in [7, 11) is 0.693. The fourth-order valence-electron chi connectivity index (χ4n) is 3.55. The van der Waals surface area contributed by atoms with Crippen molar-refractivity contribution in [3.05, 3.63) is 53.4 Å². The molecule has 0 radical (unpaired) electrons. The number of rotatable bonds is 8. The van der Waals surface area contributed by atoms with E-state index in [-0.39, 0.29) is 29.7 Å². The molecule has 1 N–H and O–H groups in total. The number of hydrogen-bond acceptors (Lipinski definition) is 6. The third kappa shape index (κ3) is 7.71. The summed E-state index contributed by atoms with van der Waals surface area (Å²) in [6.45, 7) is 6.27. The van der Waals surface area contributed by atoms with Gasteiger partial charge in [0, 0.05) is 45.3 Å². The molecule has 1 aliphatic rings. The van der Waals surface area contributed by atoms with Crippen LogP contribution in [0.3, 0.4) is 0 Å². The number of nitrogens with zero attached hydrogens (tertiary/aromatic N) is 5. The molecule has 1 saturated heterocycles. The summed E-state index contributed by atoms with van der Waals surface area (Å²) in [5.41, 5.74) is 2.84. The van der Waals surface area contributed by atoms with Gasteiger partial charge in [-0.3, -0.25) is 0 Å². The van der Waals surface area contributed by atoms with Crippen LogP contribution in [0.25, 0.3) is 0 Å². The molecule has 0 spiro atoms. The van der Waals surface area contributed by atoms with Gasteiger partial charge in [0.1, 0.15) is 12.0 Å². The minimum atomic E-state index is -3.42. The van der Waals surface area contributed by atoms with Crippen molar-refractivity contribution < 1.29 is 12.9 Å². The van der Waals surface area contributed by atoms with Crippen molar-refractivity contribution in [1.29, 1.82) is 0 Å². The van der Waals surface area contributed by atoms with Crippen molar-refractivity contribution in [3.8, 4) is 0 Å². The Balaban J connectivity index is 0.00000363. The molecule has 2 aromatic rings. The first-order valence-electron chi connectivity index (χ1n) is 10.5. The van der Waals surface area contributed by atoms with Gasteiger partial charge in [-0.05, 0) is 32.1 Å². The van der Waals surface area contributed by atoms with E-state index in [2.05, 4.69) is 58.6 Å². The van der Waals surface area contributed by atoms with Crippen LogP contribution in [0.1, 0.15) is 23.7 Å². The van der Waals surface area contributed by atoms with Gasteiger partial charge in [-0.25, -0.2) is 13.4 Å². The molecule has 0 aliphatic carbocycles. The van der Waals surface area contributed by atoms with Gasteiger partial charge in [-0.15, -0.1) is 24.0 Å². The van der Waals surface area contributed by atoms with Gasteiger partial charge in [-0.1, -0.05) is 29.4 Å². The van der Waals surface area contributed by atoms with Crippen LogP contribution in [0.5, 0.6) is 0 Å². The SMILES string of the molecule is CCNC(=NCc1cccc(CN(C)C)c1)N1CCN(S(=O)(=O)Cc2ccon2)CC1.I. The van der Waals surface area contributed by atoms with E-state index in [1.54, 1.807) is 6.07 Å². The number of sulfonamides is 1. The molecule has 0 bridgehead atoms. The van der Waals surface area contributed by atoms with Gasteiger partial charge < -0.3 is 19.6 Å². The highest BCUT2D eigenvalue weighted by molar-refractivity contribution is 14.0. The Morgan fingerprint density at radius 3 is 2.53 bits per heavy atom. The molecule has 9 nitrogen and oxygen atoms in total. The van der Waals surface area contributed by atoms with Gasteiger partial charge in [0.2, 0.25) is 10.0 Å². The van der Waals surface area contributed by atoms with Crippen LogP contribution in [0.15, 0.2) is 46.1 Å². The van der Waals surface area contributed by atoms with Crippen molar-refractivity contribution in [2.45, 2.75) is 25.8 Å². The van der Waals surface area contributed by atoms with E-state index < -0.39 is 10.0 Å². The van der Waals surface area contributed by atoms with Crippen LogP contribution in [0, 0.1) is 0 Å². The average Bonchev–Trinajstić information content (AvgIpc) is 3.23. The number of guanidine groups is 1. The van der Waals surface area contributed by atoms with Gasteiger partial charge in [0.25, 0.3) is 0 Å². The van der Waals surface area contributed by atoms with Gasteiger partial charge in [0.05, 0.1) is 12.2 Å². The number of aliphatic imine (C=N–C) groups is 1. The van der Waals surface area contributed by atoms with Crippen LogP contribution < -0.4 is 5.32 Å². The maximum atomic E-state index is 12.7. The van der Waals surface area contributed by atoms with Crippen LogP contribution in [0.2, 0.25) is 0 Å². The Hall–Kier alpha value is -1.70. The molecule has 1 aromatic carbocycles. The summed E-state index contributed by atoms with van der Waals surface area (Å²) in [6, 6.07) is 10.0. The van der Waals surface area contributed by atoms with Gasteiger partial charge >= 0.3 is 0 Å². The summed E-state index contributed by atoms with van der Waals surface area (Å²) < 4.78 is 31.6. The highest BCUT2D eigenvalue weighted by atomic mass is 127. The first kappa shape index (κ1) is 26.6. The first-order valence-corrected chi connectivity index (χ1v) is 12.1. The Morgan fingerprint density at radius 2 is 1.91 bits per heavy atom. The predicted molar refractivity (Wildman–Crippen MR) is 136 cm³/mol. The highest BCUT2D eigenvalue weighted by Crippen LogP contribution is 2.14. The summed E-state index contributed by atoms with van der Waals surface area (Å²) in [4.78, 5) is 9.06. The second kappa shape index (κ2) is 12.5. The van der Waals surface area contributed by atoms with E-state index in [0.29, 0.717) is 38.4 Å². The molecule has 32 heavy (non-hydrogen) atoms. The topological polar surface area (TPSA) is 94.3 Å². The van der Waals surface area contributed by atoms with Crippen LogP contribution in [-0.2, 0) is 28.9 Å². The van der Waals surface area contributed by atoms with Crippen LogP contribution >= 0.6 is 24.0 Å². The van der Waals surface area contributed by atoms with E-state index in [1.807, 2.05) is 6.92 Å². The lowest BCUT2D eigenvalue weighted by atomic mass is 10.1. The highest BCUT2D eigenvalue weighted by Gasteiger charge is 2.29. The number of aromatic nitrogens is 1. The lowest BCUT2D eigenvalue weighted by Crippen LogP contribution is -2.53. The molecule has 11 heteroatoms. The smallest absolute Gasteiger partial charge is 0.220 e. The van der Waals surface area contributed by atoms with Crippen molar-refractivity contribution in [1.82, 2.24) is 24.6 Å². The standard InChI is InChI=1S/C21H32N6O3S.HI/c1-4-22-21(23-15-18-6-5-7-19(14-18)16-25(2)3)26-9-11-27(12-10-26)31(28,29)17-20-8-13-30-24-20;/h5-8,13-14H,4,9-12,15-17H2,1-3H3,(H,22,23);1H. The summed E-state index contributed by atoms with van der Waals surface area (Å²) in [5.74, 6) is 0.676. The van der Waals surface area contributed by atoms with Gasteiger partial charge in [0.15, 0.2) is 5.96 Å². The first-order chi connectivity index (χ1) is 14.9. The molecule has 0 amide bonds. The second-order valence-electron chi connectivity index (χ2n) is 7.86. The minimum Gasteiger partial charge on any atom is -0.364 e. The number of nitrogens with one attached hydrogen (secondary N) is 1. The molecule has 0 saturated carbocycles. The molecule has 3 rings (SSSR count). The molecule has 0 unspecified atom stereocenters. The number of halogens is 1. The summed E-state index contributed by atoms with van der Waals surface area (Å²) in [5, 5.41) is 7.05. The van der Waals surface area contributed by atoms with Gasteiger partial charge in [-0.2, -0.15) is 4.31 Å². The Bertz CT molecular complexity index is 958. The molecular formula is C21H33IN6O3S. The fourth-order valence-corrected chi connectivity index (χ4v) is 4.98. The van der Waals surface area contributed by atoms with Crippen LogP contribution in [-0.4, -0.2) is 80.5 Å². The Labute approximate surface area is 207 Å². The zero-order chi connectivity index (χ0) is 22.3. The molecule has 2 heterocycles. The van der Waals surface area contributed by atoms with E-state index in [9.17, 15) is 8.42 Å². The monoisotopic (exact) mass is 576 g/mol. The molecule has 1 fully saturated rings. The quantitative estimate of drug-likeness (QED) is 0.292. The average molecular weight is 577 g/mol. The zero-order valence-corrected chi connectivity index (χ0v) is 22.0. The zero-order valence-electron chi connectivity index (χ0n) is 18.9. The lowest BCUT2D eigenvalue weighted by molar-refractivity contribution is 0.259. The molecule has 178 valence electrons. The molecule has 1 aromatic heterocycles. The number of hydrogen-bond donors (Lipinski definition) is 1. The second-order valence-corrected chi connectivity index (χ2v) is 9.83. The predicted octanol–water partition coefficient (Wildman–Crippen LogP) is 1.97. The van der Waals surface area contributed by atoms with E-state index in [0.717, 1.165) is 24.6 Å². The fraction of sp³-hybridized carbons (Fsp3) is 0.524. The minimum absolute atomic E-state index is 0. The Kier molecular flexibility index (Phi) is 10.4. The van der Waals surface area contributed by atoms with Crippen molar-refractivity contribution in [3.63, 3.8) is 0 Å². The lowest BCUT2D eigenvalue weighted by Gasteiger charge is -2.35. The normalized spacial score (nSPS) is 15.6. The summed E-state index contributed by atoms with van der Waals surface area (Å²) >= 11 is 0. The largest absolute Gasteiger partial charge is 0.364 e. The molecule has 0 atom stereocenters. The maximum absolute atomic E-state index is 12.7. The summed E-state index contributed by atoms with van der Waals surface area (Å²) in [6.07, 6.45) is 1.39.